The van der Waals surface area contributed by atoms with E-state index in [9.17, 15) is 5.11 Å². The van der Waals surface area contributed by atoms with Gasteiger partial charge in [0, 0.05) is 13.0 Å². The van der Waals surface area contributed by atoms with Crippen molar-refractivity contribution in [1.82, 2.24) is 4.98 Å². The van der Waals surface area contributed by atoms with E-state index >= 15 is 0 Å². The highest BCUT2D eigenvalue weighted by molar-refractivity contribution is 5.74. The molecule has 1 aliphatic heterocycles. The number of rotatable bonds is 3. The van der Waals surface area contributed by atoms with Crippen LogP contribution in [0.2, 0.25) is 0 Å². The van der Waals surface area contributed by atoms with Gasteiger partial charge in [-0.25, -0.2) is 4.98 Å². The van der Waals surface area contributed by atoms with Crippen molar-refractivity contribution in [2.45, 2.75) is 18.4 Å². The Kier molecular flexibility index (Phi) is 2.62. The maximum atomic E-state index is 9.30. The molecule has 0 bridgehead atoms. The standard InChI is InChI=1S/C13H16N2O3/c1-8-15-10-3-2-9(4-11(10)18-8)13(6-17-7-13)12(14)5-16/h2-4,12,16H,5-7,14H2,1H3. The Balaban J connectivity index is 2.07. The molecule has 5 heteroatoms. The normalized spacial score (nSPS) is 19.7. The second-order valence-electron chi connectivity index (χ2n) is 4.85. The predicted molar refractivity (Wildman–Crippen MR) is 66.3 cm³/mol. The highest BCUT2D eigenvalue weighted by atomic mass is 16.5. The minimum absolute atomic E-state index is 0.0587. The Hall–Kier alpha value is -1.43. The molecular weight excluding hydrogens is 232 g/mol. The number of benzene rings is 1. The highest BCUT2D eigenvalue weighted by Crippen LogP contribution is 2.36. The SMILES string of the molecule is Cc1nc2ccc(C3(C(N)CO)COC3)cc2o1. The molecule has 1 aromatic heterocycles. The number of aliphatic hydroxyl groups excluding tert-OH is 1. The fourth-order valence-electron chi connectivity index (χ4n) is 2.44. The Morgan fingerprint density at radius 2 is 2.28 bits per heavy atom. The Morgan fingerprint density at radius 3 is 2.89 bits per heavy atom. The van der Waals surface area contributed by atoms with Gasteiger partial charge >= 0.3 is 0 Å². The van der Waals surface area contributed by atoms with E-state index in [-0.39, 0.29) is 18.1 Å². The van der Waals surface area contributed by atoms with E-state index in [0.29, 0.717) is 19.1 Å². The first-order chi connectivity index (χ1) is 8.65. The Bertz CT molecular complexity index is 575. The van der Waals surface area contributed by atoms with E-state index in [2.05, 4.69) is 4.98 Å². The zero-order valence-electron chi connectivity index (χ0n) is 10.2. The van der Waals surface area contributed by atoms with Crippen LogP contribution in [-0.2, 0) is 10.2 Å². The molecule has 0 aliphatic carbocycles. The van der Waals surface area contributed by atoms with E-state index in [1.54, 1.807) is 0 Å². The summed E-state index contributed by atoms with van der Waals surface area (Å²) in [5, 5.41) is 9.30. The van der Waals surface area contributed by atoms with Gasteiger partial charge in [-0.2, -0.15) is 0 Å². The molecule has 2 aromatic rings. The lowest BCUT2D eigenvalue weighted by Gasteiger charge is -2.45. The van der Waals surface area contributed by atoms with Gasteiger partial charge in [0.1, 0.15) is 5.52 Å². The topological polar surface area (TPSA) is 81.5 Å². The van der Waals surface area contributed by atoms with E-state index in [1.807, 2.05) is 25.1 Å². The average molecular weight is 248 g/mol. The van der Waals surface area contributed by atoms with Crippen LogP contribution >= 0.6 is 0 Å². The summed E-state index contributed by atoms with van der Waals surface area (Å²) in [7, 11) is 0. The summed E-state index contributed by atoms with van der Waals surface area (Å²) in [6, 6.07) is 5.54. The summed E-state index contributed by atoms with van der Waals surface area (Å²) in [6.07, 6.45) is 0. The quantitative estimate of drug-likeness (QED) is 0.836. The minimum atomic E-state index is -0.326. The highest BCUT2D eigenvalue weighted by Gasteiger charge is 2.45. The van der Waals surface area contributed by atoms with Gasteiger partial charge in [0.05, 0.1) is 25.2 Å². The molecule has 3 N–H and O–H groups in total. The minimum Gasteiger partial charge on any atom is -0.441 e. The van der Waals surface area contributed by atoms with E-state index in [4.69, 9.17) is 14.9 Å². The second-order valence-corrected chi connectivity index (χ2v) is 4.85. The third kappa shape index (κ3) is 1.55. The molecule has 3 rings (SSSR count). The number of hydrogen-bond acceptors (Lipinski definition) is 5. The van der Waals surface area contributed by atoms with Crippen LogP contribution in [0.25, 0.3) is 11.1 Å². The number of nitrogens with zero attached hydrogens (tertiary/aromatic N) is 1. The third-order valence-electron chi connectivity index (χ3n) is 3.70. The number of hydrogen-bond donors (Lipinski definition) is 2. The van der Waals surface area contributed by atoms with Crippen molar-refractivity contribution in [3.63, 3.8) is 0 Å². The number of fused-ring (bicyclic) bond motifs is 1. The van der Waals surface area contributed by atoms with Crippen molar-refractivity contribution in [2.24, 2.45) is 5.73 Å². The molecule has 1 fully saturated rings. The van der Waals surface area contributed by atoms with Crippen LogP contribution in [0.3, 0.4) is 0 Å². The molecule has 1 atom stereocenters. The first kappa shape index (κ1) is 11.6. The van der Waals surface area contributed by atoms with Gasteiger partial charge in [-0.1, -0.05) is 6.07 Å². The number of aromatic nitrogens is 1. The number of ether oxygens (including phenoxy) is 1. The first-order valence-electron chi connectivity index (χ1n) is 5.97. The second kappa shape index (κ2) is 4.05. The summed E-state index contributed by atoms with van der Waals surface area (Å²) < 4.78 is 10.8. The van der Waals surface area contributed by atoms with Crippen molar-refractivity contribution < 1.29 is 14.3 Å². The lowest BCUT2D eigenvalue weighted by molar-refractivity contribution is -0.0797. The van der Waals surface area contributed by atoms with Gasteiger partial charge in [-0.05, 0) is 17.7 Å². The van der Waals surface area contributed by atoms with Gasteiger partial charge in [0.25, 0.3) is 0 Å². The molecule has 1 unspecified atom stereocenters. The monoisotopic (exact) mass is 248 g/mol. The van der Waals surface area contributed by atoms with Gasteiger partial charge in [-0.3, -0.25) is 0 Å². The van der Waals surface area contributed by atoms with Crippen molar-refractivity contribution in [2.75, 3.05) is 19.8 Å². The van der Waals surface area contributed by atoms with E-state index in [0.717, 1.165) is 16.7 Å². The largest absolute Gasteiger partial charge is 0.441 e. The van der Waals surface area contributed by atoms with Crippen LogP contribution in [0.5, 0.6) is 0 Å². The summed E-state index contributed by atoms with van der Waals surface area (Å²) in [5.41, 5.74) is 8.35. The van der Waals surface area contributed by atoms with E-state index < -0.39 is 0 Å². The summed E-state index contributed by atoms with van der Waals surface area (Å²) in [4.78, 5) is 4.27. The number of oxazole rings is 1. The van der Waals surface area contributed by atoms with Crippen LogP contribution in [-0.4, -0.2) is 36.0 Å². The summed E-state index contributed by atoms with van der Waals surface area (Å²) in [5.74, 6) is 0.646. The Morgan fingerprint density at radius 1 is 1.50 bits per heavy atom. The number of nitrogens with two attached hydrogens (primary N) is 1. The molecular formula is C13H16N2O3. The molecule has 0 spiro atoms. The predicted octanol–water partition coefficient (Wildman–Crippen LogP) is 0.724. The maximum Gasteiger partial charge on any atom is 0.192 e. The van der Waals surface area contributed by atoms with Crippen molar-refractivity contribution in [3.8, 4) is 0 Å². The molecule has 96 valence electrons. The van der Waals surface area contributed by atoms with Crippen LogP contribution in [0, 0.1) is 6.92 Å². The van der Waals surface area contributed by atoms with Gasteiger partial charge in [-0.15, -0.1) is 0 Å². The molecule has 0 amide bonds. The summed E-state index contributed by atoms with van der Waals surface area (Å²) in [6.45, 7) is 2.83. The number of aryl methyl sites for hydroxylation is 1. The molecule has 18 heavy (non-hydrogen) atoms. The van der Waals surface area contributed by atoms with Crippen LogP contribution < -0.4 is 5.73 Å². The van der Waals surface area contributed by atoms with Crippen molar-refractivity contribution >= 4 is 11.1 Å². The zero-order chi connectivity index (χ0) is 12.8. The molecule has 2 heterocycles. The fourth-order valence-corrected chi connectivity index (χ4v) is 2.44. The maximum absolute atomic E-state index is 9.30. The van der Waals surface area contributed by atoms with Gasteiger partial charge in [0.15, 0.2) is 11.5 Å². The van der Waals surface area contributed by atoms with Crippen LogP contribution in [0.4, 0.5) is 0 Å². The molecule has 0 radical (unpaired) electrons. The lowest BCUT2D eigenvalue weighted by atomic mass is 9.73. The zero-order valence-corrected chi connectivity index (χ0v) is 10.2. The van der Waals surface area contributed by atoms with Crippen LogP contribution in [0.15, 0.2) is 22.6 Å². The fraction of sp³-hybridized carbons (Fsp3) is 0.462. The van der Waals surface area contributed by atoms with Crippen LogP contribution in [0.1, 0.15) is 11.5 Å². The molecule has 1 aliphatic rings. The van der Waals surface area contributed by atoms with Crippen molar-refractivity contribution in [1.29, 1.82) is 0 Å². The third-order valence-corrected chi connectivity index (χ3v) is 3.70. The molecule has 5 nitrogen and oxygen atoms in total. The smallest absolute Gasteiger partial charge is 0.192 e. The summed E-state index contributed by atoms with van der Waals surface area (Å²) >= 11 is 0. The number of aliphatic hydroxyl groups is 1. The molecule has 1 saturated heterocycles. The Labute approximate surface area is 105 Å². The van der Waals surface area contributed by atoms with Gasteiger partial charge in [0.2, 0.25) is 0 Å². The molecule has 1 aromatic carbocycles. The first-order valence-corrected chi connectivity index (χ1v) is 5.97. The van der Waals surface area contributed by atoms with E-state index in [1.165, 1.54) is 0 Å². The van der Waals surface area contributed by atoms with Gasteiger partial charge < -0.3 is 20.0 Å². The lowest BCUT2D eigenvalue weighted by Crippen LogP contribution is -2.60. The average Bonchev–Trinajstić information content (AvgIpc) is 2.66. The molecule has 0 saturated carbocycles. The van der Waals surface area contributed by atoms with Crippen molar-refractivity contribution in [3.05, 3.63) is 29.7 Å².